The first-order valence-electron chi connectivity index (χ1n) is 6.75. The average molecular weight is 332 g/mol. The van der Waals surface area contributed by atoms with E-state index in [4.69, 9.17) is 0 Å². The van der Waals surface area contributed by atoms with Gasteiger partial charge in [-0.15, -0.1) is 22.7 Å². The molecule has 6 heteroatoms. The van der Waals surface area contributed by atoms with E-state index >= 15 is 0 Å². The lowest BCUT2D eigenvalue weighted by molar-refractivity contribution is 0.0958. The summed E-state index contributed by atoms with van der Waals surface area (Å²) in [4.78, 5) is 16.9. The number of nitrogens with one attached hydrogen (secondary N) is 1. The van der Waals surface area contributed by atoms with Crippen molar-refractivity contribution in [1.82, 2.24) is 10.3 Å². The Morgan fingerprint density at radius 2 is 2.05 bits per heavy atom. The second-order valence-electron chi connectivity index (χ2n) is 4.61. The maximum atomic E-state index is 13.7. The van der Waals surface area contributed by atoms with Crippen molar-refractivity contribution in [3.8, 4) is 10.6 Å². The lowest BCUT2D eigenvalue weighted by atomic mass is 10.2. The fourth-order valence-electron chi connectivity index (χ4n) is 1.98. The van der Waals surface area contributed by atoms with Crippen molar-refractivity contribution in [2.45, 2.75) is 6.42 Å². The van der Waals surface area contributed by atoms with Crippen LogP contribution < -0.4 is 5.32 Å². The Morgan fingerprint density at radius 1 is 1.18 bits per heavy atom. The fraction of sp³-hybridized carbons (Fsp3) is 0.125. The van der Waals surface area contributed by atoms with Gasteiger partial charge in [-0.25, -0.2) is 9.37 Å². The highest BCUT2D eigenvalue weighted by molar-refractivity contribution is 7.13. The quantitative estimate of drug-likeness (QED) is 0.768. The predicted octanol–water partition coefficient (Wildman–Crippen LogP) is 3.98. The third-order valence-electron chi connectivity index (χ3n) is 3.07. The van der Waals surface area contributed by atoms with E-state index in [1.165, 1.54) is 28.7 Å². The lowest BCUT2D eigenvalue weighted by Gasteiger charge is -2.01. The fourth-order valence-corrected chi connectivity index (χ4v) is 3.50. The molecule has 0 fully saturated rings. The van der Waals surface area contributed by atoms with Gasteiger partial charge in [-0.1, -0.05) is 18.2 Å². The second kappa shape index (κ2) is 6.81. The summed E-state index contributed by atoms with van der Waals surface area (Å²) in [7, 11) is 0. The smallest absolute Gasteiger partial charge is 0.261 e. The summed E-state index contributed by atoms with van der Waals surface area (Å²) in [6, 6.07) is 10.2. The molecule has 0 spiro atoms. The van der Waals surface area contributed by atoms with Gasteiger partial charge in [-0.3, -0.25) is 4.79 Å². The molecule has 1 N–H and O–H groups in total. The van der Waals surface area contributed by atoms with Gasteiger partial charge in [0.15, 0.2) is 0 Å². The van der Waals surface area contributed by atoms with E-state index in [1.54, 1.807) is 24.3 Å². The molecule has 0 bridgehead atoms. The number of carbonyl (C=O) groups excluding carboxylic acids is 1. The number of hydrogen-bond acceptors (Lipinski definition) is 4. The first-order valence-corrected chi connectivity index (χ1v) is 8.51. The van der Waals surface area contributed by atoms with Crippen LogP contribution >= 0.6 is 22.7 Å². The first-order chi connectivity index (χ1) is 10.7. The van der Waals surface area contributed by atoms with Gasteiger partial charge < -0.3 is 5.32 Å². The minimum absolute atomic E-state index is 0.0699. The number of amides is 1. The minimum atomic E-state index is -0.269. The topological polar surface area (TPSA) is 42.0 Å². The van der Waals surface area contributed by atoms with E-state index in [1.807, 2.05) is 16.8 Å². The summed E-state index contributed by atoms with van der Waals surface area (Å²) in [6.45, 7) is 0.511. The van der Waals surface area contributed by atoms with Gasteiger partial charge >= 0.3 is 0 Å². The van der Waals surface area contributed by atoms with Crippen LogP contribution in [-0.2, 0) is 6.42 Å². The van der Waals surface area contributed by atoms with E-state index < -0.39 is 0 Å². The zero-order valence-electron chi connectivity index (χ0n) is 11.6. The molecule has 1 amide bonds. The molecule has 0 aliphatic carbocycles. The highest BCUT2D eigenvalue weighted by Gasteiger charge is 2.10. The number of thiazole rings is 1. The third-order valence-corrected chi connectivity index (χ3v) is 4.86. The van der Waals surface area contributed by atoms with Crippen LogP contribution in [0.5, 0.6) is 0 Å². The summed E-state index contributed by atoms with van der Waals surface area (Å²) >= 11 is 2.82. The van der Waals surface area contributed by atoms with E-state index in [-0.39, 0.29) is 11.7 Å². The van der Waals surface area contributed by atoms with Crippen molar-refractivity contribution < 1.29 is 9.18 Å². The molecule has 2 heterocycles. The van der Waals surface area contributed by atoms with Crippen LogP contribution in [0.4, 0.5) is 4.39 Å². The molecular formula is C16H13FN2OS2. The van der Waals surface area contributed by atoms with E-state index in [2.05, 4.69) is 10.3 Å². The number of nitrogens with zero attached hydrogens (tertiary/aromatic N) is 1. The van der Waals surface area contributed by atoms with Crippen molar-refractivity contribution in [3.63, 3.8) is 0 Å². The molecule has 0 atom stereocenters. The van der Waals surface area contributed by atoms with Gasteiger partial charge in [0, 0.05) is 23.9 Å². The molecule has 3 aromatic rings. The number of rotatable bonds is 5. The van der Waals surface area contributed by atoms with Crippen molar-refractivity contribution in [2.24, 2.45) is 0 Å². The molecule has 0 aliphatic heterocycles. The van der Waals surface area contributed by atoms with Crippen molar-refractivity contribution in [2.75, 3.05) is 6.54 Å². The van der Waals surface area contributed by atoms with E-state index in [0.29, 0.717) is 28.4 Å². The largest absolute Gasteiger partial charge is 0.351 e. The number of benzene rings is 1. The molecule has 3 rings (SSSR count). The maximum Gasteiger partial charge on any atom is 0.261 e. The maximum absolute atomic E-state index is 13.7. The Hall–Kier alpha value is -2.05. The van der Waals surface area contributed by atoms with Gasteiger partial charge in [0.1, 0.15) is 10.8 Å². The van der Waals surface area contributed by atoms with Crippen molar-refractivity contribution in [3.05, 3.63) is 63.5 Å². The molecule has 112 valence electrons. The minimum Gasteiger partial charge on any atom is -0.351 e. The standard InChI is InChI=1S/C16H13FN2OS2/c17-13-5-2-1-4-12(13)16-19-11(10-22-16)7-8-18-15(20)14-6-3-9-21-14/h1-6,9-10H,7-8H2,(H,18,20). The van der Waals surface area contributed by atoms with Crippen LogP contribution in [0, 0.1) is 5.82 Å². The molecule has 0 saturated heterocycles. The second-order valence-corrected chi connectivity index (χ2v) is 6.41. The normalized spacial score (nSPS) is 10.6. The Balaban J connectivity index is 1.58. The summed E-state index contributed by atoms with van der Waals surface area (Å²) in [5.41, 5.74) is 1.37. The van der Waals surface area contributed by atoms with Crippen LogP contribution in [0.1, 0.15) is 15.4 Å². The predicted molar refractivity (Wildman–Crippen MR) is 87.9 cm³/mol. The number of halogens is 1. The molecule has 1 aromatic carbocycles. The number of hydrogen-bond donors (Lipinski definition) is 1. The Labute approximate surface area is 135 Å². The Bertz CT molecular complexity index is 768. The summed E-state index contributed by atoms with van der Waals surface area (Å²) in [6.07, 6.45) is 0.627. The molecule has 2 aromatic heterocycles. The molecule has 3 nitrogen and oxygen atoms in total. The van der Waals surface area contributed by atoms with Crippen LogP contribution in [0.25, 0.3) is 10.6 Å². The monoisotopic (exact) mass is 332 g/mol. The zero-order valence-corrected chi connectivity index (χ0v) is 13.2. The van der Waals surface area contributed by atoms with Crippen molar-refractivity contribution >= 4 is 28.6 Å². The number of aromatic nitrogens is 1. The molecule has 0 saturated carbocycles. The SMILES string of the molecule is O=C(NCCc1csc(-c2ccccc2F)n1)c1cccs1. The third kappa shape index (κ3) is 3.40. The number of thiophene rings is 1. The van der Waals surface area contributed by atoms with E-state index in [9.17, 15) is 9.18 Å². The lowest BCUT2D eigenvalue weighted by Crippen LogP contribution is -2.24. The van der Waals surface area contributed by atoms with Crippen LogP contribution in [-0.4, -0.2) is 17.4 Å². The van der Waals surface area contributed by atoms with Gasteiger partial charge in [-0.05, 0) is 23.6 Å². The van der Waals surface area contributed by atoms with Crippen LogP contribution in [0.3, 0.4) is 0 Å². The average Bonchev–Trinajstić information content (AvgIpc) is 3.19. The first kappa shape index (κ1) is 14.9. The molecular weight excluding hydrogens is 319 g/mol. The Morgan fingerprint density at radius 3 is 2.82 bits per heavy atom. The van der Waals surface area contributed by atoms with E-state index in [0.717, 1.165) is 5.69 Å². The van der Waals surface area contributed by atoms with Crippen LogP contribution in [0.15, 0.2) is 47.2 Å². The van der Waals surface area contributed by atoms with Gasteiger partial charge in [-0.2, -0.15) is 0 Å². The van der Waals surface area contributed by atoms with Crippen molar-refractivity contribution in [1.29, 1.82) is 0 Å². The van der Waals surface area contributed by atoms with Gasteiger partial charge in [0.2, 0.25) is 0 Å². The summed E-state index contributed by atoms with van der Waals surface area (Å²) in [5.74, 6) is -0.339. The zero-order chi connectivity index (χ0) is 15.4. The van der Waals surface area contributed by atoms with Crippen LogP contribution in [0.2, 0.25) is 0 Å². The Kier molecular flexibility index (Phi) is 4.60. The molecule has 0 aliphatic rings. The highest BCUT2D eigenvalue weighted by atomic mass is 32.1. The summed E-state index contributed by atoms with van der Waals surface area (Å²) < 4.78 is 13.7. The number of carbonyl (C=O) groups is 1. The molecule has 0 radical (unpaired) electrons. The van der Waals surface area contributed by atoms with Gasteiger partial charge in [0.05, 0.1) is 10.6 Å². The highest BCUT2D eigenvalue weighted by Crippen LogP contribution is 2.26. The molecule has 0 unspecified atom stereocenters. The molecule has 22 heavy (non-hydrogen) atoms. The van der Waals surface area contributed by atoms with Gasteiger partial charge in [0.25, 0.3) is 5.91 Å². The summed E-state index contributed by atoms with van der Waals surface area (Å²) in [5, 5.41) is 7.29.